The molecule has 0 unspecified atom stereocenters. The normalized spacial score (nSPS) is 12.2. The first-order valence-electron chi connectivity index (χ1n) is 5.19. The van der Waals surface area contributed by atoms with Crippen LogP contribution in [0, 0.1) is 5.82 Å². The van der Waals surface area contributed by atoms with Crippen LogP contribution in [-0.2, 0) is 14.6 Å². The van der Waals surface area contributed by atoms with E-state index >= 15 is 0 Å². The predicted molar refractivity (Wildman–Crippen MR) is 61.9 cm³/mol. The molecule has 0 aliphatic carbocycles. The van der Waals surface area contributed by atoms with E-state index in [4.69, 9.17) is 5.73 Å². The van der Waals surface area contributed by atoms with Crippen LogP contribution in [0.15, 0.2) is 23.1 Å². The monoisotopic (exact) mass is 314 g/mol. The van der Waals surface area contributed by atoms with Gasteiger partial charge < -0.3 is 11.1 Å². The van der Waals surface area contributed by atoms with Crippen molar-refractivity contribution in [3.05, 3.63) is 24.0 Å². The molecule has 1 aromatic rings. The van der Waals surface area contributed by atoms with Crippen molar-refractivity contribution in [2.45, 2.75) is 16.8 Å². The fourth-order valence-corrected chi connectivity index (χ4v) is 2.26. The zero-order valence-electron chi connectivity index (χ0n) is 9.87. The Morgan fingerprint density at radius 2 is 1.90 bits per heavy atom. The molecule has 0 bridgehead atoms. The second kappa shape index (κ2) is 5.65. The molecule has 0 heterocycles. The highest BCUT2D eigenvalue weighted by molar-refractivity contribution is 7.92. The Morgan fingerprint density at radius 1 is 1.30 bits per heavy atom. The Bertz CT molecular complexity index is 613. The highest BCUT2D eigenvalue weighted by Crippen LogP contribution is 2.34. The lowest BCUT2D eigenvalue weighted by molar-refractivity contribution is -0.117. The van der Waals surface area contributed by atoms with Gasteiger partial charge in [-0.25, -0.2) is 12.8 Å². The number of anilines is 1. The number of hydrogen-bond donors (Lipinski definition) is 2. The first-order valence-corrected chi connectivity index (χ1v) is 6.67. The average molecular weight is 314 g/mol. The van der Waals surface area contributed by atoms with Crippen LogP contribution < -0.4 is 11.1 Å². The molecule has 3 N–H and O–H groups in total. The molecule has 1 rings (SSSR count). The van der Waals surface area contributed by atoms with E-state index in [0.717, 1.165) is 12.1 Å². The van der Waals surface area contributed by atoms with Gasteiger partial charge in [-0.3, -0.25) is 4.79 Å². The number of benzene rings is 1. The summed E-state index contributed by atoms with van der Waals surface area (Å²) in [6.07, 6.45) is -0.219. The lowest BCUT2D eigenvalue weighted by Gasteiger charge is -2.14. The third-order valence-corrected chi connectivity index (χ3v) is 3.75. The summed E-state index contributed by atoms with van der Waals surface area (Å²) in [4.78, 5) is 9.27. The maximum atomic E-state index is 13.0. The second-order valence-corrected chi connectivity index (χ2v) is 5.64. The van der Waals surface area contributed by atoms with Crippen LogP contribution in [0.1, 0.15) is 6.42 Å². The standard InChI is InChI=1S/C10H10F4N2O3S/c11-6-1-2-7(16-4-3-9(15)17)8(5-6)20(18,19)10(12,13)14/h1-2,5,16H,3-4H2,(H2,15,17). The smallest absolute Gasteiger partial charge is 0.383 e. The van der Waals surface area contributed by atoms with Gasteiger partial charge in [0.05, 0.1) is 5.69 Å². The van der Waals surface area contributed by atoms with E-state index < -0.39 is 37.7 Å². The van der Waals surface area contributed by atoms with Gasteiger partial charge in [-0.15, -0.1) is 0 Å². The van der Waals surface area contributed by atoms with Crippen LogP contribution in [-0.4, -0.2) is 26.4 Å². The Hall–Kier alpha value is -1.84. The Labute approximate surface area is 111 Å². The van der Waals surface area contributed by atoms with Crippen molar-refractivity contribution in [1.82, 2.24) is 0 Å². The predicted octanol–water partition coefficient (Wildman–Crippen LogP) is 1.41. The molecule has 10 heteroatoms. The third-order valence-electron chi connectivity index (χ3n) is 2.22. The zero-order chi connectivity index (χ0) is 15.6. The van der Waals surface area contributed by atoms with Crippen molar-refractivity contribution in [3.63, 3.8) is 0 Å². The number of amides is 1. The topological polar surface area (TPSA) is 89.3 Å². The molecule has 0 spiro atoms. The molecule has 0 aliphatic rings. The number of hydrogen-bond acceptors (Lipinski definition) is 4. The number of sulfone groups is 1. The maximum absolute atomic E-state index is 13.0. The van der Waals surface area contributed by atoms with Crippen LogP contribution >= 0.6 is 0 Å². The summed E-state index contributed by atoms with van der Waals surface area (Å²) in [5, 5.41) is 2.30. The van der Waals surface area contributed by atoms with E-state index in [2.05, 4.69) is 5.32 Å². The van der Waals surface area contributed by atoms with Crippen molar-refractivity contribution in [1.29, 1.82) is 0 Å². The number of primary amides is 1. The van der Waals surface area contributed by atoms with Crippen molar-refractivity contribution in [2.24, 2.45) is 5.73 Å². The minimum absolute atomic E-state index is 0.179. The summed E-state index contributed by atoms with van der Waals surface area (Å²) in [6, 6.07) is 1.90. The summed E-state index contributed by atoms with van der Waals surface area (Å²) in [6.45, 7) is -0.179. The van der Waals surface area contributed by atoms with Gasteiger partial charge in [0.2, 0.25) is 5.91 Å². The molecule has 0 aliphatic heterocycles. The molecule has 0 aromatic heterocycles. The average Bonchev–Trinajstić information content (AvgIpc) is 2.29. The summed E-state index contributed by atoms with van der Waals surface area (Å²) in [5.41, 5.74) is -1.17. The number of nitrogens with one attached hydrogen (secondary N) is 1. The van der Waals surface area contributed by atoms with E-state index in [1.807, 2.05) is 0 Å². The van der Waals surface area contributed by atoms with E-state index in [9.17, 15) is 30.8 Å². The molecule has 20 heavy (non-hydrogen) atoms. The van der Waals surface area contributed by atoms with E-state index in [1.54, 1.807) is 0 Å². The quantitative estimate of drug-likeness (QED) is 0.804. The minimum atomic E-state index is -5.70. The molecule has 0 radical (unpaired) electrons. The lowest BCUT2D eigenvalue weighted by Crippen LogP contribution is -2.25. The summed E-state index contributed by atoms with van der Waals surface area (Å²) >= 11 is 0. The van der Waals surface area contributed by atoms with Crippen LogP contribution in [0.4, 0.5) is 23.2 Å². The fraction of sp³-hybridized carbons (Fsp3) is 0.300. The Kier molecular flexibility index (Phi) is 4.58. The number of rotatable bonds is 5. The number of halogens is 4. The molecule has 0 saturated heterocycles. The van der Waals surface area contributed by atoms with Crippen LogP contribution in [0.3, 0.4) is 0 Å². The number of carbonyl (C=O) groups excluding carboxylic acids is 1. The van der Waals surface area contributed by atoms with Crippen LogP contribution in [0.2, 0.25) is 0 Å². The summed E-state index contributed by atoms with van der Waals surface area (Å²) in [5.74, 6) is -1.85. The van der Waals surface area contributed by atoms with Crippen molar-refractivity contribution in [3.8, 4) is 0 Å². The van der Waals surface area contributed by atoms with E-state index in [-0.39, 0.29) is 19.0 Å². The molecule has 1 aromatic carbocycles. The highest BCUT2D eigenvalue weighted by atomic mass is 32.2. The largest absolute Gasteiger partial charge is 0.501 e. The zero-order valence-corrected chi connectivity index (χ0v) is 10.7. The first kappa shape index (κ1) is 16.2. The van der Waals surface area contributed by atoms with Crippen molar-refractivity contribution < 1.29 is 30.8 Å². The van der Waals surface area contributed by atoms with Crippen molar-refractivity contribution in [2.75, 3.05) is 11.9 Å². The lowest BCUT2D eigenvalue weighted by atomic mass is 10.3. The Morgan fingerprint density at radius 3 is 2.40 bits per heavy atom. The molecule has 0 atom stereocenters. The van der Waals surface area contributed by atoms with Gasteiger partial charge in [-0.1, -0.05) is 0 Å². The summed E-state index contributed by atoms with van der Waals surface area (Å²) < 4.78 is 73.0. The van der Waals surface area contributed by atoms with E-state index in [0.29, 0.717) is 0 Å². The highest BCUT2D eigenvalue weighted by Gasteiger charge is 2.48. The van der Waals surface area contributed by atoms with Gasteiger partial charge in [0.1, 0.15) is 10.7 Å². The minimum Gasteiger partial charge on any atom is -0.383 e. The fourth-order valence-electron chi connectivity index (χ4n) is 1.31. The molecular weight excluding hydrogens is 304 g/mol. The SMILES string of the molecule is NC(=O)CCNc1ccc(F)cc1S(=O)(=O)C(F)(F)F. The molecule has 0 fully saturated rings. The summed E-state index contributed by atoms with van der Waals surface area (Å²) in [7, 11) is -5.70. The first-order chi connectivity index (χ1) is 9.05. The molecular formula is C10H10F4N2O3S. The Balaban J connectivity index is 3.18. The van der Waals surface area contributed by atoms with Gasteiger partial charge in [-0.2, -0.15) is 13.2 Å². The number of carbonyl (C=O) groups is 1. The van der Waals surface area contributed by atoms with E-state index in [1.165, 1.54) is 0 Å². The second-order valence-electron chi connectivity index (χ2n) is 3.73. The maximum Gasteiger partial charge on any atom is 0.501 e. The van der Waals surface area contributed by atoms with Gasteiger partial charge in [-0.05, 0) is 18.2 Å². The van der Waals surface area contributed by atoms with Gasteiger partial charge in [0.15, 0.2) is 0 Å². The van der Waals surface area contributed by atoms with Gasteiger partial charge in [0, 0.05) is 13.0 Å². The number of nitrogens with two attached hydrogens (primary N) is 1. The van der Waals surface area contributed by atoms with Gasteiger partial charge in [0.25, 0.3) is 9.84 Å². The van der Waals surface area contributed by atoms with Gasteiger partial charge >= 0.3 is 5.51 Å². The molecule has 0 saturated carbocycles. The number of alkyl halides is 3. The van der Waals surface area contributed by atoms with Crippen molar-refractivity contribution >= 4 is 21.4 Å². The van der Waals surface area contributed by atoms with Crippen LogP contribution in [0.5, 0.6) is 0 Å². The molecule has 1 amide bonds. The molecule has 5 nitrogen and oxygen atoms in total. The van der Waals surface area contributed by atoms with Crippen LogP contribution in [0.25, 0.3) is 0 Å². The third kappa shape index (κ3) is 3.59. The molecule has 112 valence electrons.